The van der Waals surface area contributed by atoms with Crippen molar-refractivity contribution in [3.8, 4) is 0 Å². The third-order valence-electron chi connectivity index (χ3n) is 4.55. The van der Waals surface area contributed by atoms with Crippen LogP contribution in [0.25, 0.3) is 11.2 Å². The summed E-state index contributed by atoms with van der Waals surface area (Å²) in [5.41, 5.74) is 3.02. The molecule has 0 saturated carbocycles. The molecule has 0 aliphatic heterocycles. The highest BCUT2D eigenvalue weighted by Gasteiger charge is 2.17. The van der Waals surface area contributed by atoms with E-state index in [0.717, 1.165) is 5.56 Å². The normalized spacial score (nSPS) is 11.4. The standard InChI is InChI=1S/C20H16ClFN6O2/c1-27-17-16(18(29)25-20(27)30)28(11-12-6-3-2-4-7-12)19(24-17)26-23-10-13-14(21)8-5-9-15(13)22/h2-10H,11H2,1H3,(H,24,26)(H,25,29,30)/b23-10+. The summed E-state index contributed by atoms with van der Waals surface area (Å²) in [6, 6.07) is 13.7. The lowest BCUT2D eigenvalue weighted by Gasteiger charge is -2.08. The van der Waals surface area contributed by atoms with E-state index in [0.29, 0.717) is 6.54 Å². The molecule has 2 heterocycles. The number of nitrogens with zero attached hydrogens (tertiary/aromatic N) is 4. The summed E-state index contributed by atoms with van der Waals surface area (Å²) in [4.78, 5) is 31.1. The molecule has 152 valence electrons. The van der Waals surface area contributed by atoms with Crippen LogP contribution in [0.5, 0.6) is 0 Å². The van der Waals surface area contributed by atoms with Crippen LogP contribution in [0.15, 0.2) is 63.2 Å². The van der Waals surface area contributed by atoms with E-state index in [-0.39, 0.29) is 27.7 Å². The Balaban J connectivity index is 1.80. The number of hydrazone groups is 1. The van der Waals surface area contributed by atoms with Crippen molar-refractivity contribution in [2.45, 2.75) is 6.54 Å². The number of imidazole rings is 1. The van der Waals surface area contributed by atoms with E-state index < -0.39 is 17.1 Å². The van der Waals surface area contributed by atoms with Crippen molar-refractivity contribution in [3.63, 3.8) is 0 Å². The zero-order valence-corrected chi connectivity index (χ0v) is 16.5. The summed E-state index contributed by atoms with van der Waals surface area (Å²) in [7, 11) is 1.51. The average Bonchev–Trinajstić information content (AvgIpc) is 3.08. The lowest BCUT2D eigenvalue weighted by Crippen LogP contribution is -2.29. The number of rotatable bonds is 5. The Morgan fingerprint density at radius 3 is 2.70 bits per heavy atom. The minimum Gasteiger partial charge on any atom is -0.298 e. The van der Waals surface area contributed by atoms with Crippen LogP contribution < -0.4 is 16.7 Å². The van der Waals surface area contributed by atoms with Crippen molar-refractivity contribution in [1.82, 2.24) is 19.1 Å². The van der Waals surface area contributed by atoms with Crippen molar-refractivity contribution >= 4 is 34.9 Å². The Morgan fingerprint density at radius 1 is 1.20 bits per heavy atom. The van der Waals surface area contributed by atoms with Gasteiger partial charge >= 0.3 is 5.69 Å². The molecule has 0 saturated heterocycles. The number of H-pyrrole nitrogens is 1. The Hall–Kier alpha value is -3.72. The van der Waals surface area contributed by atoms with Gasteiger partial charge in [0.15, 0.2) is 11.2 Å². The lowest BCUT2D eigenvalue weighted by atomic mass is 10.2. The van der Waals surface area contributed by atoms with Gasteiger partial charge in [-0.25, -0.2) is 14.6 Å². The number of benzene rings is 2. The largest absolute Gasteiger partial charge is 0.329 e. The van der Waals surface area contributed by atoms with Gasteiger partial charge in [-0.1, -0.05) is 48.0 Å². The molecule has 0 fully saturated rings. The highest BCUT2D eigenvalue weighted by Crippen LogP contribution is 2.19. The molecule has 2 aromatic heterocycles. The number of halogens is 2. The lowest BCUT2D eigenvalue weighted by molar-refractivity contribution is 0.626. The molecule has 8 nitrogen and oxygen atoms in total. The van der Waals surface area contributed by atoms with Crippen molar-refractivity contribution in [1.29, 1.82) is 0 Å². The number of anilines is 1. The zero-order chi connectivity index (χ0) is 21.3. The van der Waals surface area contributed by atoms with Gasteiger partial charge in [0, 0.05) is 12.6 Å². The van der Waals surface area contributed by atoms with Crippen LogP contribution in [0.4, 0.5) is 10.3 Å². The number of hydrogen-bond acceptors (Lipinski definition) is 5. The molecular weight excluding hydrogens is 411 g/mol. The predicted molar refractivity (Wildman–Crippen MR) is 114 cm³/mol. The number of aryl methyl sites for hydroxylation is 1. The van der Waals surface area contributed by atoms with Gasteiger partial charge in [0.1, 0.15) is 5.82 Å². The number of aromatic nitrogens is 4. The molecule has 30 heavy (non-hydrogen) atoms. The fourth-order valence-electron chi connectivity index (χ4n) is 3.03. The molecule has 4 aromatic rings. The fraction of sp³-hybridized carbons (Fsp3) is 0.100. The summed E-state index contributed by atoms with van der Waals surface area (Å²) in [6.07, 6.45) is 1.23. The van der Waals surface area contributed by atoms with Gasteiger partial charge in [-0.05, 0) is 17.7 Å². The van der Waals surface area contributed by atoms with E-state index in [1.54, 1.807) is 10.6 Å². The monoisotopic (exact) mass is 426 g/mol. The third kappa shape index (κ3) is 3.62. The van der Waals surface area contributed by atoms with Crippen molar-refractivity contribution in [3.05, 3.63) is 91.3 Å². The van der Waals surface area contributed by atoms with Gasteiger partial charge in [0.05, 0.1) is 17.8 Å². The van der Waals surface area contributed by atoms with Crippen molar-refractivity contribution < 1.29 is 4.39 Å². The molecule has 0 spiro atoms. The van der Waals surface area contributed by atoms with Crippen LogP contribution >= 0.6 is 11.6 Å². The SMILES string of the molecule is Cn1c(=O)[nH]c(=O)c2c1nc(N/N=C/c1c(F)cccc1Cl)n2Cc1ccccc1. The smallest absolute Gasteiger partial charge is 0.298 e. The van der Waals surface area contributed by atoms with Gasteiger partial charge in [0.2, 0.25) is 5.95 Å². The second-order valence-electron chi connectivity index (χ2n) is 6.50. The highest BCUT2D eigenvalue weighted by molar-refractivity contribution is 6.33. The summed E-state index contributed by atoms with van der Waals surface area (Å²) in [6.45, 7) is 0.303. The minimum absolute atomic E-state index is 0.114. The molecule has 0 atom stereocenters. The van der Waals surface area contributed by atoms with E-state index >= 15 is 0 Å². The maximum atomic E-state index is 14.0. The number of aromatic amines is 1. The van der Waals surface area contributed by atoms with Crippen LogP contribution in [-0.4, -0.2) is 25.3 Å². The number of hydrogen-bond donors (Lipinski definition) is 2. The van der Waals surface area contributed by atoms with Gasteiger partial charge in [-0.3, -0.25) is 18.9 Å². The maximum Gasteiger partial charge on any atom is 0.329 e. The Labute approximate surface area is 174 Å². The van der Waals surface area contributed by atoms with E-state index in [9.17, 15) is 14.0 Å². The predicted octanol–water partition coefficient (Wildman–Crippen LogP) is 2.71. The first-order valence-electron chi connectivity index (χ1n) is 8.92. The summed E-state index contributed by atoms with van der Waals surface area (Å²) in [5, 5.41) is 4.24. The van der Waals surface area contributed by atoms with E-state index in [1.807, 2.05) is 30.3 Å². The molecule has 0 bridgehead atoms. The van der Waals surface area contributed by atoms with E-state index in [4.69, 9.17) is 11.6 Å². The number of fused-ring (bicyclic) bond motifs is 1. The van der Waals surface area contributed by atoms with Crippen LogP contribution in [0.2, 0.25) is 5.02 Å². The molecule has 0 aliphatic rings. The molecule has 0 amide bonds. The minimum atomic E-state index is -0.579. The topological polar surface area (TPSA) is 97.1 Å². The first-order valence-corrected chi connectivity index (χ1v) is 9.30. The molecule has 2 aromatic carbocycles. The molecule has 2 N–H and O–H groups in total. The second kappa shape index (κ2) is 7.96. The number of nitrogens with one attached hydrogen (secondary N) is 2. The summed E-state index contributed by atoms with van der Waals surface area (Å²) < 4.78 is 16.8. The van der Waals surface area contributed by atoms with Gasteiger partial charge in [-0.2, -0.15) is 10.1 Å². The molecule has 0 unspecified atom stereocenters. The zero-order valence-electron chi connectivity index (χ0n) is 15.8. The van der Waals surface area contributed by atoms with Crippen molar-refractivity contribution in [2.75, 3.05) is 5.43 Å². The summed E-state index contributed by atoms with van der Waals surface area (Å²) >= 11 is 6.01. The van der Waals surface area contributed by atoms with Gasteiger partial charge in [-0.15, -0.1) is 0 Å². The average molecular weight is 427 g/mol. The van der Waals surface area contributed by atoms with Crippen LogP contribution in [0.1, 0.15) is 11.1 Å². The Kier molecular flexibility index (Phi) is 5.20. The van der Waals surface area contributed by atoms with Gasteiger partial charge < -0.3 is 0 Å². The third-order valence-corrected chi connectivity index (χ3v) is 4.88. The molecular formula is C20H16ClFN6O2. The molecule has 4 rings (SSSR count). The van der Waals surface area contributed by atoms with E-state index in [2.05, 4.69) is 20.5 Å². The van der Waals surface area contributed by atoms with Gasteiger partial charge in [0.25, 0.3) is 5.56 Å². The summed E-state index contributed by atoms with van der Waals surface area (Å²) in [5.74, 6) is -0.311. The first-order chi connectivity index (χ1) is 14.5. The fourth-order valence-corrected chi connectivity index (χ4v) is 3.24. The van der Waals surface area contributed by atoms with Crippen LogP contribution in [0.3, 0.4) is 0 Å². The Morgan fingerprint density at radius 2 is 1.97 bits per heavy atom. The van der Waals surface area contributed by atoms with Crippen LogP contribution in [-0.2, 0) is 13.6 Å². The quantitative estimate of drug-likeness (QED) is 0.379. The second-order valence-corrected chi connectivity index (χ2v) is 6.91. The maximum absolute atomic E-state index is 14.0. The molecule has 10 heteroatoms. The highest BCUT2D eigenvalue weighted by atomic mass is 35.5. The first kappa shape index (κ1) is 19.6. The molecule has 0 aliphatic carbocycles. The van der Waals surface area contributed by atoms with Crippen molar-refractivity contribution in [2.24, 2.45) is 12.1 Å². The van der Waals surface area contributed by atoms with Crippen LogP contribution in [0, 0.1) is 5.82 Å². The van der Waals surface area contributed by atoms with E-state index in [1.165, 1.54) is 30.0 Å². The molecule has 0 radical (unpaired) electrons. The Bertz CT molecular complexity index is 1350.